The molecule has 3 heterocycles. The molecule has 122 valence electrons. The summed E-state index contributed by atoms with van der Waals surface area (Å²) in [6, 6.07) is 0.264. The van der Waals surface area contributed by atoms with Gasteiger partial charge in [-0.15, -0.1) is 11.3 Å². The average Bonchev–Trinajstić information content (AvgIpc) is 3.13. The second-order valence-electron chi connectivity index (χ2n) is 6.32. The number of rotatable bonds is 5. The number of nitrogens with one attached hydrogen (secondary N) is 1. The van der Waals surface area contributed by atoms with E-state index in [1.807, 2.05) is 17.8 Å². The Bertz CT molecular complexity index is 691. The molecule has 1 aliphatic heterocycles. The molecular weight excluding hydrogens is 310 g/mol. The molecule has 4 rings (SSSR count). The van der Waals surface area contributed by atoms with Gasteiger partial charge in [-0.1, -0.05) is 0 Å². The molecule has 2 aliphatic rings. The molecule has 7 heteroatoms. The van der Waals surface area contributed by atoms with E-state index in [1.54, 1.807) is 11.3 Å². The minimum atomic E-state index is 0.190. The molecule has 0 spiro atoms. The SMILES string of the molecule is CC1c2ncc(CNC(=O)C3CC3)n2CCN1Cc1nccs1. The van der Waals surface area contributed by atoms with Gasteiger partial charge in [-0.05, 0) is 19.8 Å². The maximum absolute atomic E-state index is 11.8. The number of imidazole rings is 1. The Labute approximate surface area is 139 Å². The molecule has 1 atom stereocenters. The number of nitrogens with zero attached hydrogens (tertiary/aromatic N) is 4. The lowest BCUT2D eigenvalue weighted by atomic mass is 10.2. The molecule has 23 heavy (non-hydrogen) atoms. The van der Waals surface area contributed by atoms with Gasteiger partial charge in [0.1, 0.15) is 10.8 Å². The molecule has 1 fully saturated rings. The molecule has 2 aromatic rings. The summed E-state index contributed by atoms with van der Waals surface area (Å²) in [6.45, 7) is 5.55. The van der Waals surface area contributed by atoms with Crippen molar-refractivity contribution in [3.05, 3.63) is 34.3 Å². The predicted octanol–water partition coefficient (Wildman–Crippen LogP) is 1.94. The molecule has 0 bridgehead atoms. The molecule has 0 saturated heterocycles. The van der Waals surface area contributed by atoms with Crippen LogP contribution in [0.4, 0.5) is 0 Å². The van der Waals surface area contributed by atoms with E-state index in [2.05, 4.69) is 31.7 Å². The second-order valence-corrected chi connectivity index (χ2v) is 7.30. The lowest BCUT2D eigenvalue weighted by Gasteiger charge is -2.33. The zero-order valence-corrected chi connectivity index (χ0v) is 14.1. The van der Waals surface area contributed by atoms with Crippen LogP contribution in [0.1, 0.15) is 42.3 Å². The van der Waals surface area contributed by atoms with Gasteiger partial charge < -0.3 is 9.88 Å². The van der Waals surface area contributed by atoms with E-state index in [0.29, 0.717) is 6.54 Å². The van der Waals surface area contributed by atoms with Crippen LogP contribution in [0.15, 0.2) is 17.8 Å². The van der Waals surface area contributed by atoms with Gasteiger partial charge in [0.05, 0.1) is 31.0 Å². The highest BCUT2D eigenvalue weighted by molar-refractivity contribution is 7.09. The van der Waals surface area contributed by atoms with Gasteiger partial charge in [-0.25, -0.2) is 9.97 Å². The number of carbonyl (C=O) groups is 1. The van der Waals surface area contributed by atoms with E-state index in [4.69, 9.17) is 0 Å². The Morgan fingerprint density at radius 2 is 2.26 bits per heavy atom. The van der Waals surface area contributed by atoms with E-state index < -0.39 is 0 Å². The van der Waals surface area contributed by atoms with Crippen LogP contribution in [-0.2, 0) is 24.4 Å². The summed E-state index contributed by atoms with van der Waals surface area (Å²) in [5.41, 5.74) is 1.11. The van der Waals surface area contributed by atoms with Gasteiger partial charge in [-0.2, -0.15) is 0 Å². The van der Waals surface area contributed by atoms with Crippen LogP contribution in [-0.4, -0.2) is 31.9 Å². The molecule has 0 aromatic carbocycles. The van der Waals surface area contributed by atoms with Crippen molar-refractivity contribution in [2.45, 2.75) is 45.4 Å². The third-order valence-corrected chi connectivity index (χ3v) is 5.48. The Morgan fingerprint density at radius 1 is 1.39 bits per heavy atom. The van der Waals surface area contributed by atoms with Crippen LogP contribution in [0, 0.1) is 5.92 Å². The lowest BCUT2D eigenvalue weighted by molar-refractivity contribution is -0.122. The number of hydrogen-bond donors (Lipinski definition) is 1. The number of hydrogen-bond acceptors (Lipinski definition) is 5. The monoisotopic (exact) mass is 331 g/mol. The fourth-order valence-corrected chi connectivity index (χ4v) is 3.77. The van der Waals surface area contributed by atoms with Crippen molar-refractivity contribution < 1.29 is 4.79 Å². The number of aromatic nitrogens is 3. The summed E-state index contributed by atoms with van der Waals surface area (Å²) in [5, 5.41) is 6.20. The number of carbonyl (C=O) groups excluding carboxylic acids is 1. The zero-order valence-electron chi connectivity index (χ0n) is 13.2. The van der Waals surface area contributed by atoms with Gasteiger partial charge in [0.25, 0.3) is 0 Å². The number of amides is 1. The highest BCUT2D eigenvalue weighted by atomic mass is 32.1. The summed E-state index contributed by atoms with van der Waals surface area (Å²) >= 11 is 1.70. The van der Waals surface area contributed by atoms with Crippen LogP contribution in [0.3, 0.4) is 0 Å². The molecule has 1 aliphatic carbocycles. The first kappa shape index (κ1) is 14.8. The molecule has 2 aromatic heterocycles. The lowest BCUT2D eigenvalue weighted by Crippen LogP contribution is -2.37. The molecule has 1 saturated carbocycles. The summed E-state index contributed by atoms with van der Waals surface area (Å²) in [5.74, 6) is 1.53. The normalized spacial score (nSPS) is 21.2. The summed E-state index contributed by atoms with van der Waals surface area (Å²) in [6.07, 6.45) is 5.85. The molecule has 6 nitrogen and oxygen atoms in total. The minimum absolute atomic E-state index is 0.190. The van der Waals surface area contributed by atoms with E-state index in [0.717, 1.165) is 49.0 Å². The smallest absolute Gasteiger partial charge is 0.223 e. The number of fused-ring (bicyclic) bond motifs is 1. The van der Waals surface area contributed by atoms with E-state index in [9.17, 15) is 4.79 Å². The summed E-state index contributed by atoms with van der Waals surface area (Å²) in [7, 11) is 0. The van der Waals surface area contributed by atoms with Crippen molar-refractivity contribution in [3.8, 4) is 0 Å². The van der Waals surface area contributed by atoms with Crippen molar-refractivity contribution in [1.29, 1.82) is 0 Å². The Hall–Kier alpha value is -1.73. The molecule has 1 amide bonds. The maximum Gasteiger partial charge on any atom is 0.223 e. The van der Waals surface area contributed by atoms with Gasteiger partial charge in [-0.3, -0.25) is 9.69 Å². The summed E-state index contributed by atoms with van der Waals surface area (Å²) < 4.78 is 2.26. The average molecular weight is 331 g/mol. The Balaban J connectivity index is 1.43. The first-order valence-electron chi connectivity index (χ1n) is 8.17. The fourth-order valence-electron chi connectivity index (χ4n) is 3.13. The Kier molecular flexibility index (Phi) is 3.90. The quantitative estimate of drug-likeness (QED) is 0.909. The first-order valence-corrected chi connectivity index (χ1v) is 9.05. The molecule has 1 unspecified atom stereocenters. The van der Waals surface area contributed by atoms with Gasteiger partial charge in [0.2, 0.25) is 5.91 Å². The highest BCUT2D eigenvalue weighted by Crippen LogP contribution is 2.29. The number of thiazole rings is 1. The van der Waals surface area contributed by atoms with Gasteiger partial charge >= 0.3 is 0 Å². The van der Waals surface area contributed by atoms with Crippen molar-refractivity contribution in [2.24, 2.45) is 5.92 Å². The largest absolute Gasteiger partial charge is 0.350 e. The molecular formula is C16H21N5OS. The van der Waals surface area contributed by atoms with Crippen molar-refractivity contribution in [3.63, 3.8) is 0 Å². The zero-order chi connectivity index (χ0) is 15.8. The summed E-state index contributed by atoms with van der Waals surface area (Å²) in [4.78, 5) is 23.2. The third-order valence-electron chi connectivity index (χ3n) is 4.71. The van der Waals surface area contributed by atoms with Gasteiger partial charge in [0.15, 0.2) is 0 Å². The van der Waals surface area contributed by atoms with E-state index in [1.165, 1.54) is 0 Å². The van der Waals surface area contributed by atoms with Crippen LogP contribution in [0.2, 0.25) is 0 Å². The Morgan fingerprint density at radius 3 is 3.00 bits per heavy atom. The van der Waals surface area contributed by atoms with Crippen LogP contribution in [0.25, 0.3) is 0 Å². The van der Waals surface area contributed by atoms with Crippen LogP contribution >= 0.6 is 11.3 Å². The van der Waals surface area contributed by atoms with Crippen molar-refractivity contribution >= 4 is 17.2 Å². The van der Waals surface area contributed by atoms with Crippen molar-refractivity contribution in [2.75, 3.05) is 6.54 Å². The first-order chi connectivity index (χ1) is 11.2. The maximum atomic E-state index is 11.8. The predicted molar refractivity (Wildman–Crippen MR) is 87.7 cm³/mol. The van der Waals surface area contributed by atoms with E-state index >= 15 is 0 Å². The second kappa shape index (κ2) is 6.05. The minimum Gasteiger partial charge on any atom is -0.350 e. The topological polar surface area (TPSA) is 63.1 Å². The third kappa shape index (κ3) is 3.03. The standard InChI is InChI=1S/C16H21N5OS/c1-11-15-18-8-13(9-19-16(22)12-2-3-12)21(15)6-5-20(11)10-14-17-4-7-23-14/h4,7-8,11-12H,2-3,5-6,9-10H2,1H3,(H,19,22). The molecule has 1 N–H and O–H groups in total. The van der Waals surface area contributed by atoms with Crippen LogP contribution in [0.5, 0.6) is 0 Å². The van der Waals surface area contributed by atoms with Crippen molar-refractivity contribution in [1.82, 2.24) is 24.8 Å². The van der Waals surface area contributed by atoms with E-state index in [-0.39, 0.29) is 17.9 Å². The van der Waals surface area contributed by atoms with Crippen LogP contribution < -0.4 is 5.32 Å². The highest BCUT2D eigenvalue weighted by Gasteiger charge is 2.30. The molecule has 0 radical (unpaired) electrons. The van der Waals surface area contributed by atoms with Gasteiger partial charge in [0, 0.05) is 30.6 Å². The fraction of sp³-hybridized carbons (Fsp3) is 0.562.